The number of rotatable bonds is 6. The maximum atomic E-state index is 13.2. The van der Waals surface area contributed by atoms with Crippen molar-refractivity contribution in [2.24, 2.45) is 0 Å². The van der Waals surface area contributed by atoms with Gasteiger partial charge in [-0.15, -0.1) is 0 Å². The number of hydrogen-bond acceptors (Lipinski definition) is 6. The molecular formula is C21H21ClFN3O4. The second-order valence-electron chi connectivity index (χ2n) is 7.18. The standard InChI is InChI=1S/C21H21ClFN3O4/c1-14-10-24(13-30-18-7-8-19(22)20(9-18)26(28)29)15(2)21(12-27)25(14)11-16-3-5-17(23)6-4-16/h3-9,14-15H,10-11,13H2,1-2H3/t14-,15+/m1/s1. The van der Waals surface area contributed by atoms with Crippen LogP contribution < -0.4 is 4.74 Å². The SMILES string of the molecule is C[C@@H]1CN(COc2ccc(Cl)c([N+](=O)[O-])c2)[C@@H](C)C(=C=O)N1Cc1ccc(F)cc1. The van der Waals surface area contributed by atoms with E-state index in [9.17, 15) is 19.3 Å². The third kappa shape index (κ3) is 4.79. The van der Waals surface area contributed by atoms with E-state index in [1.54, 1.807) is 18.2 Å². The normalized spacial score (nSPS) is 19.5. The summed E-state index contributed by atoms with van der Waals surface area (Å²) >= 11 is 5.83. The van der Waals surface area contributed by atoms with E-state index in [1.807, 2.05) is 29.6 Å². The van der Waals surface area contributed by atoms with Gasteiger partial charge in [-0.1, -0.05) is 23.7 Å². The van der Waals surface area contributed by atoms with Gasteiger partial charge in [-0.05, 0) is 43.7 Å². The van der Waals surface area contributed by atoms with Crippen LogP contribution in [-0.2, 0) is 11.3 Å². The Morgan fingerprint density at radius 2 is 1.97 bits per heavy atom. The van der Waals surface area contributed by atoms with E-state index in [-0.39, 0.29) is 35.3 Å². The van der Waals surface area contributed by atoms with Gasteiger partial charge in [0, 0.05) is 19.1 Å². The summed E-state index contributed by atoms with van der Waals surface area (Å²) in [5.74, 6) is 2.05. The molecule has 0 bridgehead atoms. The van der Waals surface area contributed by atoms with Crippen LogP contribution in [0.4, 0.5) is 10.1 Å². The predicted octanol–water partition coefficient (Wildman–Crippen LogP) is 4.03. The molecule has 1 aliphatic rings. The van der Waals surface area contributed by atoms with E-state index in [4.69, 9.17) is 16.3 Å². The first-order chi connectivity index (χ1) is 14.3. The minimum Gasteiger partial charge on any atom is -0.478 e. The highest BCUT2D eigenvalue weighted by Gasteiger charge is 2.34. The minimum absolute atomic E-state index is 0.0224. The van der Waals surface area contributed by atoms with E-state index in [0.29, 0.717) is 24.5 Å². The summed E-state index contributed by atoms with van der Waals surface area (Å²) in [5, 5.41) is 11.1. The van der Waals surface area contributed by atoms with Gasteiger partial charge in [0.2, 0.25) is 0 Å². The van der Waals surface area contributed by atoms with Crippen molar-refractivity contribution in [2.45, 2.75) is 32.5 Å². The summed E-state index contributed by atoms with van der Waals surface area (Å²) < 4.78 is 18.9. The van der Waals surface area contributed by atoms with Gasteiger partial charge >= 0.3 is 0 Å². The van der Waals surface area contributed by atoms with Crippen molar-refractivity contribution < 1.29 is 18.8 Å². The number of hydrogen-bond donors (Lipinski definition) is 0. The Labute approximate surface area is 178 Å². The molecule has 1 saturated heterocycles. The monoisotopic (exact) mass is 433 g/mol. The van der Waals surface area contributed by atoms with E-state index >= 15 is 0 Å². The number of piperazine rings is 1. The van der Waals surface area contributed by atoms with Gasteiger partial charge in [-0.3, -0.25) is 15.0 Å². The number of nitro benzene ring substituents is 1. The highest BCUT2D eigenvalue weighted by atomic mass is 35.5. The van der Waals surface area contributed by atoms with Crippen LogP contribution in [0.2, 0.25) is 5.02 Å². The molecule has 0 saturated carbocycles. The lowest BCUT2D eigenvalue weighted by molar-refractivity contribution is -0.384. The zero-order chi connectivity index (χ0) is 21.8. The van der Waals surface area contributed by atoms with Gasteiger partial charge in [-0.2, -0.15) is 0 Å². The van der Waals surface area contributed by atoms with E-state index < -0.39 is 4.92 Å². The molecule has 7 nitrogen and oxygen atoms in total. The fraction of sp³-hybridized carbons (Fsp3) is 0.333. The Hall–Kier alpha value is -2.93. The third-order valence-electron chi connectivity index (χ3n) is 5.17. The molecule has 1 heterocycles. The number of ether oxygens (including phenoxy) is 1. The molecule has 0 unspecified atom stereocenters. The van der Waals surface area contributed by atoms with Gasteiger partial charge in [-0.25, -0.2) is 9.18 Å². The number of benzene rings is 2. The van der Waals surface area contributed by atoms with Gasteiger partial charge < -0.3 is 9.64 Å². The van der Waals surface area contributed by atoms with Gasteiger partial charge in [0.1, 0.15) is 35.0 Å². The molecule has 2 atom stereocenters. The molecule has 0 radical (unpaired) electrons. The highest BCUT2D eigenvalue weighted by Crippen LogP contribution is 2.30. The van der Waals surface area contributed by atoms with Crippen LogP contribution in [0.1, 0.15) is 19.4 Å². The Morgan fingerprint density at radius 1 is 1.27 bits per heavy atom. The van der Waals surface area contributed by atoms with Crippen LogP contribution in [0.25, 0.3) is 0 Å². The molecule has 1 fully saturated rings. The van der Waals surface area contributed by atoms with Crippen molar-refractivity contribution in [3.63, 3.8) is 0 Å². The molecule has 0 aliphatic carbocycles. The molecule has 0 spiro atoms. The molecule has 0 amide bonds. The molecule has 2 aromatic rings. The zero-order valence-electron chi connectivity index (χ0n) is 16.5. The summed E-state index contributed by atoms with van der Waals surface area (Å²) in [6.07, 6.45) is 0. The molecule has 1 aliphatic heterocycles. The lowest BCUT2D eigenvalue weighted by Gasteiger charge is -2.45. The first-order valence-corrected chi connectivity index (χ1v) is 9.74. The van der Waals surface area contributed by atoms with Crippen LogP contribution >= 0.6 is 11.6 Å². The lowest BCUT2D eigenvalue weighted by atomic mass is 10.0. The van der Waals surface area contributed by atoms with Crippen molar-refractivity contribution in [1.29, 1.82) is 0 Å². The zero-order valence-corrected chi connectivity index (χ0v) is 17.3. The second-order valence-corrected chi connectivity index (χ2v) is 7.59. The largest absolute Gasteiger partial charge is 0.478 e. The Balaban J connectivity index is 1.70. The summed E-state index contributed by atoms with van der Waals surface area (Å²) in [5.41, 5.74) is 1.14. The molecule has 2 aromatic carbocycles. The van der Waals surface area contributed by atoms with E-state index in [0.717, 1.165) is 5.56 Å². The lowest BCUT2D eigenvalue weighted by Crippen LogP contribution is -2.55. The van der Waals surface area contributed by atoms with E-state index in [1.165, 1.54) is 24.3 Å². The highest BCUT2D eigenvalue weighted by molar-refractivity contribution is 6.32. The smallest absolute Gasteiger partial charge is 0.291 e. The first kappa shape index (κ1) is 21.8. The van der Waals surface area contributed by atoms with Crippen molar-refractivity contribution in [3.05, 3.63) is 74.7 Å². The number of nitrogens with zero attached hydrogens (tertiary/aromatic N) is 3. The fourth-order valence-electron chi connectivity index (χ4n) is 3.46. The summed E-state index contributed by atoms with van der Waals surface area (Å²) in [6, 6.07) is 10.1. The molecule has 0 N–H and O–H groups in total. The first-order valence-electron chi connectivity index (χ1n) is 9.37. The average molecular weight is 434 g/mol. The summed E-state index contributed by atoms with van der Waals surface area (Å²) in [4.78, 5) is 26.1. The predicted molar refractivity (Wildman–Crippen MR) is 110 cm³/mol. The van der Waals surface area contributed by atoms with Gasteiger partial charge in [0.15, 0.2) is 0 Å². The number of halogens is 2. The topological polar surface area (TPSA) is 75.9 Å². The Kier molecular flexibility index (Phi) is 6.72. The Morgan fingerprint density at radius 3 is 2.60 bits per heavy atom. The number of nitro groups is 1. The van der Waals surface area contributed by atoms with Crippen molar-refractivity contribution >= 4 is 23.2 Å². The Bertz CT molecular complexity index is 979. The molecule has 0 aromatic heterocycles. The second kappa shape index (κ2) is 9.26. The molecule has 9 heteroatoms. The molecule has 3 rings (SSSR count). The van der Waals surface area contributed by atoms with Crippen LogP contribution in [0.15, 0.2) is 48.2 Å². The van der Waals surface area contributed by atoms with E-state index in [2.05, 4.69) is 0 Å². The number of carbonyl (C=O) groups excluding carboxylic acids is 1. The average Bonchev–Trinajstić information content (AvgIpc) is 2.72. The van der Waals surface area contributed by atoms with Gasteiger partial charge in [0.25, 0.3) is 5.69 Å². The van der Waals surface area contributed by atoms with Crippen molar-refractivity contribution in [1.82, 2.24) is 9.80 Å². The van der Waals surface area contributed by atoms with Crippen LogP contribution in [-0.4, -0.2) is 46.0 Å². The van der Waals surface area contributed by atoms with Crippen LogP contribution in [0.3, 0.4) is 0 Å². The molecule has 30 heavy (non-hydrogen) atoms. The summed E-state index contributed by atoms with van der Waals surface area (Å²) in [7, 11) is 0. The maximum absolute atomic E-state index is 13.2. The van der Waals surface area contributed by atoms with Gasteiger partial charge in [0.05, 0.1) is 17.0 Å². The minimum atomic E-state index is -0.568. The van der Waals surface area contributed by atoms with Crippen molar-refractivity contribution in [3.8, 4) is 5.75 Å². The molecule has 158 valence electrons. The van der Waals surface area contributed by atoms with Crippen LogP contribution in [0.5, 0.6) is 5.75 Å². The summed E-state index contributed by atoms with van der Waals surface area (Å²) in [6.45, 7) is 5.06. The van der Waals surface area contributed by atoms with Crippen LogP contribution in [0, 0.1) is 15.9 Å². The fourth-order valence-corrected chi connectivity index (χ4v) is 3.65. The third-order valence-corrected chi connectivity index (χ3v) is 5.49. The maximum Gasteiger partial charge on any atom is 0.291 e. The van der Waals surface area contributed by atoms with Crippen molar-refractivity contribution in [2.75, 3.05) is 13.3 Å². The quantitative estimate of drug-likeness (QED) is 0.389. The molecular weight excluding hydrogens is 413 g/mol.